The monoisotopic (exact) mass is 457 g/mol. The second-order valence-corrected chi connectivity index (χ2v) is 5.69. The first-order chi connectivity index (χ1) is 11.3. The Bertz CT molecular complexity index is 311. The van der Waals surface area contributed by atoms with Gasteiger partial charge < -0.3 is 24.4 Å². The van der Waals surface area contributed by atoms with Crippen LogP contribution in [0.1, 0.15) is 39.5 Å². The average molecular weight is 457 g/mol. The Morgan fingerprint density at radius 2 is 1.88 bits per heavy atom. The third kappa shape index (κ3) is 10.7. The lowest BCUT2D eigenvalue weighted by Gasteiger charge is -2.34. The van der Waals surface area contributed by atoms with Crippen LogP contribution in [0, 0.1) is 0 Å². The van der Waals surface area contributed by atoms with E-state index in [0.29, 0.717) is 19.3 Å². The Balaban J connectivity index is 0.00000529. The summed E-state index contributed by atoms with van der Waals surface area (Å²) in [5, 5.41) is 3.41. The van der Waals surface area contributed by atoms with Gasteiger partial charge in [-0.05, 0) is 39.5 Å². The first kappa shape index (κ1) is 23.9. The quantitative estimate of drug-likeness (QED) is 0.224. The molecule has 24 heavy (non-hydrogen) atoms. The second kappa shape index (κ2) is 16.4. The largest absolute Gasteiger partial charge is 0.382 e. The molecule has 1 aliphatic heterocycles. The summed E-state index contributed by atoms with van der Waals surface area (Å²) in [6.07, 6.45) is 4.69. The van der Waals surface area contributed by atoms with Crippen LogP contribution in [-0.2, 0) is 14.2 Å². The molecule has 6 nitrogen and oxygen atoms in total. The Hall–Kier alpha value is -0.120. The average Bonchev–Trinajstić information content (AvgIpc) is 2.57. The van der Waals surface area contributed by atoms with Crippen LogP contribution >= 0.6 is 24.0 Å². The van der Waals surface area contributed by atoms with Crippen LogP contribution in [0.2, 0.25) is 0 Å². The number of hydrogen-bond donors (Lipinski definition) is 1. The number of aliphatic imine (C=N–C) groups is 1. The summed E-state index contributed by atoms with van der Waals surface area (Å²) in [5.41, 5.74) is 0. The highest BCUT2D eigenvalue weighted by Crippen LogP contribution is 2.13. The van der Waals surface area contributed by atoms with E-state index in [2.05, 4.69) is 24.1 Å². The molecular weight excluding hydrogens is 421 g/mol. The summed E-state index contributed by atoms with van der Waals surface area (Å²) in [4.78, 5) is 7.11. The fourth-order valence-corrected chi connectivity index (χ4v) is 2.64. The zero-order valence-corrected chi connectivity index (χ0v) is 17.9. The van der Waals surface area contributed by atoms with E-state index in [1.54, 1.807) is 7.11 Å². The summed E-state index contributed by atoms with van der Waals surface area (Å²) < 4.78 is 16.1. The van der Waals surface area contributed by atoms with Gasteiger partial charge >= 0.3 is 0 Å². The van der Waals surface area contributed by atoms with Crippen molar-refractivity contribution >= 4 is 29.9 Å². The van der Waals surface area contributed by atoms with E-state index < -0.39 is 0 Å². The molecule has 1 rings (SSSR count). The maximum absolute atomic E-state index is 5.71. The number of nitrogens with one attached hydrogen (secondary N) is 1. The van der Waals surface area contributed by atoms with Crippen LogP contribution < -0.4 is 5.32 Å². The van der Waals surface area contributed by atoms with E-state index in [9.17, 15) is 0 Å². The van der Waals surface area contributed by atoms with Crippen molar-refractivity contribution in [2.45, 2.75) is 45.6 Å². The third-order valence-corrected chi connectivity index (χ3v) is 3.87. The smallest absolute Gasteiger partial charge is 0.193 e. The van der Waals surface area contributed by atoms with Gasteiger partial charge in [0.05, 0.1) is 19.3 Å². The van der Waals surface area contributed by atoms with E-state index in [0.717, 1.165) is 71.0 Å². The molecule has 7 heteroatoms. The summed E-state index contributed by atoms with van der Waals surface area (Å²) in [5.74, 6) is 1.04. The van der Waals surface area contributed by atoms with E-state index in [1.807, 2.05) is 0 Å². The van der Waals surface area contributed by atoms with Gasteiger partial charge in [0.25, 0.3) is 0 Å². The number of likely N-dealkylation sites (tertiary alicyclic amines) is 1. The Morgan fingerprint density at radius 1 is 1.12 bits per heavy atom. The Kier molecular flexibility index (Phi) is 16.3. The lowest BCUT2D eigenvalue weighted by molar-refractivity contribution is 0.0263. The van der Waals surface area contributed by atoms with Gasteiger partial charge in [0.2, 0.25) is 0 Å². The normalized spacial score (nSPS) is 16.1. The van der Waals surface area contributed by atoms with E-state index in [1.165, 1.54) is 0 Å². The number of ether oxygens (including phenoxy) is 3. The molecule has 0 radical (unpaired) electrons. The van der Waals surface area contributed by atoms with Gasteiger partial charge in [-0.3, -0.25) is 4.99 Å². The van der Waals surface area contributed by atoms with Crippen LogP contribution in [0.25, 0.3) is 0 Å². The highest BCUT2D eigenvalue weighted by Gasteiger charge is 2.21. The van der Waals surface area contributed by atoms with Crippen LogP contribution in [-0.4, -0.2) is 76.7 Å². The van der Waals surface area contributed by atoms with E-state index >= 15 is 0 Å². The molecule has 0 aliphatic carbocycles. The molecule has 0 aromatic rings. The fraction of sp³-hybridized carbons (Fsp3) is 0.941. The van der Waals surface area contributed by atoms with Crippen molar-refractivity contribution in [3.8, 4) is 0 Å². The fourth-order valence-electron chi connectivity index (χ4n) is 2.64. The molecule has 0 saturated carbocycles. The molecule has 1 saturated heterocycles. The number of hydrogen-bond acceptors (Lipinski definition) is 4. The minimum Gasteiger partial charge on any atom is -0.382 e. The number of methoxy groups -OCH3 is 1. The molecule has 0 aromatic carbocycles. The maximum Gasteiger partial charge on any atom is 0.193 e. The molecular formula is C17H36IN3O3. The number of halogens is 1. The third-order valence-electron chi connectivity index (χ3n) is 3.87. The van der Waals surface area contributed by atoms with Gasteiger partial charge in [-0.25, -0.2) is 0 Å². The number of piperidine rings is 1. The van der Waals surface area contributed by atoms with Gasteiger partial charge in [-0.1, -0.05) is 0 Å². The van der Waals surface area contributed by atoms with Crippen molar-refractivity contribution in [1.82, 2.24) is 10.2 Å². The molecule has 144 valence electrons. The standard InChI is InChI=1S/C17H35N3O3.HI/c1-4-18-17(19-10-6-7-13-22-15-14-21-3)20-11-8-16(9-12-20)23-5-2;/h16H,4-15H2,1-3H3,(H,18,19);1H. The summed E-state index contributed by atoms with van der Waals surface area (Å²) >= 11 is 0. The van der Waals surface area contributed by atoms with E-state index in [4.69, 9.17) is 19.2 Å². The second-order valence-electron chi connectivity index (χ2n) is 5.69. The van der Waals surface area contributed by atoms with Crippen LogP contribution in [0.3, 0.4) is 0 Å². The zero-order valence-electron chi connectivity index (χ0n) is 15.6. The van der Waals surface area contributed by atoms with Crippen molar-refractivity contribution in [3.63, 3.8) is 0 Å². The van der Waals surface area contributed by atoms with Crippen LogP contribution in [0.5, 0.6) is 0 Å². The van der Waals surface area contributed by atoms with Gasteiger partial charge in [0, 0.05) is 46.5 Å². The summed E-state index contributed by atoms with van der Waals surface area (Å²) in [7, 11) is 1.69. The molecule has 0 bridgehead atoms. The molecule has 0 atom stereocenters. The maximum atomic E-state index is 5.71. The predicted molar refractivity (Wildman–Crippen MR) is 110 cm³/mol. The van der Waals surface area contributed by atoms with Crippen LogP contribution in [0.15, 0.2) is 4.99 Å². The van der Waals surface area contributed by atoms with Gasteiger partial charge in [0.1, 0.15) is 0 Å². The summed E-state index contributed by atoms with van der Waals surface area (Å²) in [6, 6.07) is 0. The predicted octanol–water partition coefficient (Wildman–Crippen LogP) is 2.51. The first-order valence-corrected chi connectivity index (χ1v) is 9.03. The molecule has 0 aromatic heterocycles. The number of nitrogens with zero attached hydrogens (tertiary/aromatic N) is 2. The van der Waals surface area contributed by atoms with Crippen molar-refractivity contribution < 1.29 is 14.2 Å². The number of rotatable bonds is 11. The van der Waals surface area contributed by atoms with Gasteiger partial charge in [-0.2, -0.15) is 0 Å². The molecule has 1 heterocycles. The topological polar surface area (TPSA) is 55.3 Å². The molecule has 1 fully saturated rings. The van der Waals surface area contributed by atoms with Crippen LogP contribution in [0.4, 0.5) is 0 Å². The number of unbranched alkanes of at least 4 members (excludes halogenated alkanes) is 1. The Morgan fingerprint density at radius 3 is 2.50 bits per heavy atom. The van der Waals surface area contributed by atoms with E-state index in [-0.39, 0.29) is 24.0 Å². The first-order valence-electron chi connectivity index (χ1n) is 9.03. The SMILES string of the molecule is CCNC(=NCCCCOCCOC)N1CCC(OCC)CC1.I. The zero-order chi connectivity index (χ0) is 16.8. The lowest BCUT2D eigenvalue weighted by atomic mass is 10.1. The minimum absolute atomic E-state index is 0. The lowest BCUT2D eigenvalue weighted by Crippen LogP contribution is -2.47. The number of guanidine groups is 1. The van der Waals surface area contributed by atoms with Crippen molar-refractivity contribution in [3.05, 3.63) is 0 Å². The van der Waals surface area contributed by atoms with Gasteiger partial charge in [0.15, 0.2) is 5.96 Å². The van der Waals surface area contributed by atoms with Crippen molar-refractivity contribution in [1.29, 1.82) is 0 Å². The molecule has 0 amide bonds. The Labute approximate surface area is 164 Å². The van der Waals surface area contributed by atoms with Crippen molar-refractivity contribution in [2.24, 2.45) is 4.99 Å². The van der Waals surface area contributed by atoms with Crippen molar-refractivity contribution in [2.75, 3.05) is 59.7 Å². The minimum atomic E-state index is 0. The molecule has 1 N–H and O–H groups in total. The summed E-state index contributed by atoms with van der Waals surface area (Å²) in [6.45, 7) is 10.9. The highest BCUT2D eigenvalue weighted by atomic mass is 127. The van der Waals surface area contributed by atoms with Gasteiger partial charge in [-0.15, -0.1) is 24.0 Å². The highest BCUT2D eigenvalue weighted by molar-refractivity contribution is 14.0. The molecule has 0 unspecified atom stereocenters. The molecule has 1 aliphatic rings. The molecule has 0 spiro atoms.